The van der Waals surface area contributed by atoms with Gasteiger partial charge >= 0.3 is 23.9 Å². The molecule has 1 aromatic carbocycles. The molecule has 46 heavy (non-hydrogen) atoms. The van der Waals surface area contributed by atoms with Crippen LogP contribution in [0.4, 0.5) is 0 Å². The van der Waals surface area contributed by atoms with Crippen molar-refractivity contribution in [3.8, 4) is 0 Å². The first-order chi connectivity index (χ1) is 21.7. The highest BCUT2D eigenvalue weighted by Crippen LogP contribution is 2.65. The normalized spacial score (nSPS) is 31.2. The van der Waals surface area contributed by atoms with Gasteiger partial charge in [0.2, 0.25) is 5.76 Å². The summed E-state index contributed by atoms with van der Waals surface area (Å²) in [4.78, 5) is 56.0. The fourth-order valence-electron chi connectivity index (χ4n) is 7.60. The van der Waals surface area contributed by atoms with Gasteiger partial charge in [-0.15, -0.1) is 0 Å². The lowest BCUT2D eigenvalue weighted by molar-refractivity contribution is -0.290. The fraction of sp³-hybridized carbons (Fsp3) is 0.457. The van der Waals surface area contributed by atoms with Crippen molar-refractivity contribution in [3.63, 3.8) is 0 Å². The third kappa shape index (κ3) is 5.46. The van der Waals surface area contributed by atoms with Crippen LogP contribution in [0.3, 0.4) is 0 Å². The van der Waals surface area contributed by atoms with Crippen LogP contribution in [0.15, 0.2) is 77.8 Å². The van der Waals surface area contributed by atoms with E-state index in [1.807, 2.05) is 19.9 Å². The molecule has 2 N–H and O–H groups in total. The standard InChI is InChI=1S/C35H39NO10/c1-20-11-9-15-25-33(20,3)28(45-31(40)23-14-10-16-36-18-23)29(46-30(39)22-12-7-6-8-13-22)35(5,42)34(25,4)26(44-21(2)37)17-24-19-43-32(41)27(24)38/h6-8,10-14,16,18,25-26,28-29,38,42H,9,15,17,19H2,1-5H3/t25-,26-,28-,29-,33-,34-,35-/m1/s1. The van der Waals surface area contributed by atoms with Crippen LogP contribution in [0.2, 0.25) is 0 Å². The number of hydrogen-bond donors (Lipinski definition) is 2. The third-order valence-corrected chi connectivity index (χ3v) is 10.4. The number of aliphatic hydroxyl groups is 2. The van der Waals surface area contributed by atoms with Gasteiger partial charge in [0.15, 0.2) is 12.2 Å². The van der Waals surface area contributed by atoms with Gasteiger partial charge in [0, 0.05) is 42.1 Å². The average molecular weight is 634 g/mol. The highest BCUT2D eigenvalue weighted by atomic mass is 16.6. The molecule has 2 heterocycles. The van der Waals surface area contributed by atoms with Gasteiger partial charge in [-0.3, -0.25) is 9.78 Å². The van der Waals surface area contributed by atoms with Crippen molar-refractivity contribution in [2.75, 3.05) is 6.61 Å². The molecule has 11 nitrogen and oxygen atoms in total. The first kappa shape index (κ1) is 32.9. The summed E-state index contributed by atoms with van der Waals surface area (Å²) in [6.45, 7) is 8.04. The lowest BCUT2D eigenvalue weighted by atomic mass is 9.42. The second-order valence-electron chi connectivity index (χ2n) is 12.8. The number of esters is 4. The molecule has 11 heteroatoms. The van der Waals surface area contributed by atoms with E-state index in [2.05, 4.69) is 4.98 Å². The molecule has 1 aromatic heterocycles. The topological polar surface area (TPSA) is 159 Å². The van der Waals surface area contributed by atoms with E-state index < -0.39 is 70.3 Å². The van der Waals surface area contributed by atoms with Crippen molar-refractivity contribution in [2.24, 2.45) is 16.7 Å². The maximum absolute atomic E-state index is 13.7. The van der Waals surface area contributed by atoms with Crippen LogP contribution < -0.4 is 0 Å². The number of hydrogen-bond acceptors (Lipinski definition) is 11. The molecule has 0 radical (unpaired) electrons. The zero-order chi connectivity index (χ0) is 33.4. The zero-order valence-electron chi connectivity index (χ0n) is 26.5. The van der Waals surface area contributed by atoms with Crippen LogP contribution in [0.25, 0.3) is 0 Å². The monoisotopic (exact) mass is 633 g/mol. The molecule has 244 valence electrons. The molecule has 0 amide bonds. The number of aliphatic hydroxyl groups excluding tert-OH is 1. The first-order valence-corrected chi connectivity index (χ1v) is 15.2. The summed E-state index contributed by atoms with van der Waals surface area (Å²) in [5, 5.41) is 23.3. The number of pyridine rings is 1. The molecule has 1 aliphatic heterocycles. The van der Waals surface area contributed by atoms with Gasteiger partial charge in [-0.2, -0.15) is 0 Å². The number of benzene rings is 1. The molecule has 3 aliphatic rings. The van der Waals surface area contributed by atoms with E-state index in [1.165, 1.54) is 26.2 Å². The van der Waals surface area contributed by atoms with E-state index in [0.29, 0.717) is 12.8 Å². The minimum Gasteiger partial charge on any atom is -0.502 e. The predicted molar refractivity (Wildman–Crippen MR) is 163 cm³/mol. The molecule has 5 rings (SSSR count). The Morgan fingerprint density at radius 3 is 2.28 bits per heavy atom. The molecule has 2 aliphatic carbocycles. The summed E-state index contributed by atoms with van der Waals surface area (Å²) in [6.07, 6.45) is 2.06. The smallest absolute Gasteiger partial charge is 0.373 e. The summed E-state index contributed by atoms with van der Waals surface area (Å²) in [5.41, 5.74) is -3.04. The van der Waals surface area contributed by atoms with Crippen LogP contribution in [0.1, 0.15) is 74.6 Å². The SMILES string of the molecule is CC(=O)O[C@H](CC1=C(O)C(=O)OC1)[C@@]1(C)[C@@H]2CCC=C(C)[C@@]2(C)[C@H](OC(=O)c2cccnc2)[C@@H](OC(=O)c2ccccc2)[C@@]1(C)O. The van der Waals surface area contributed by atoms with Crippen molar-refractivity contribution in [3.05, 3.63) is 89.0 Å². The van der Waals surface area contributed by atoms with E-state index in [1.54, 1.807) is 49.4 Å². The molecule has 7 atom stereocenters. The summed E-state index contributed by atoms with van der Waals surface area (Å²) >= 11 is 0. The number of ether oxygens (including phenoxy) is 4. The number of carbonyl (C=O) groups is 4. The number of fused-ring (bicyclic) bond motifs is 1. The number of rotatable bonds is 8. The minimum atomic E-state index is -2.01. The minimum absolute atomic E-state index is 0.140. The molecular formula is C35H39NO10. The molecule has 2 aromatic rings. The number of allylic oxidation sites excluding steroid dienone is 1. The second kappa shape index (κ2) is 12.4. The van der Waals surface area contributed by atoms with E-state index in [0.717, 1.165) is 5.57 Å². The lowest BCUT2D eigenvalue weighted by Crippen LogP contribution is -2.75. The van der Waals surface area contributed by atoms with Gasteiger partial charge < -0.3 is 29.2 Å². The van der Waals surface area contributed by atoms with Gasteiger partial charge in [0.1, 0.15) is 18.3 Å². The Morgan fingerprint density at radius 1 is 1.02 bits per heavy atom. The summed E-state index contributed by atoms with van der Waals surface area (Å²) in [7, 11) is 0. The molecule has 0 bridgehead atoms. The maximum Gasteiger partial charge on any atom is 0.373 e. The van der Waals surface area contributed by atoms with E-state index >= 15 is 0 Å². The van der Waals surface area contributed by atoms with Crippen molar-refractivity contribution in [1.82, 2.24) is 4.98 Å². The number of cyclic esters (lactones) is 1. The summed E-state index contributed by atoms with van der Waals surface area (Å²) < 4.78 is 23.4. The van der Waals surface area contributed by atoms with Crippen LogP contribution in [-0.2, 0) is 28.5 Å². The highest BCUT2D eigenvalue weighted by molar-refractivity contribution is 5.90. The maximum atomic E-state index is 13.7. The lowest BCUT2D eigenvalue weighted by Gasteiger charge is -2.66. The summed E-state index contributed by atoms with van der Waals surface area (Å²) in [6, 6.07) is 11.4. The average Bonchev–Trinajstić information content (AvgIpc) is 3.35. The van der Waals surface area contributed by atoms with E-state index in [-0.39, 0.29) is 29.7 Å². The van der Waals surface area contributed by atoms with Crippen molar-refractivity contribution >= 4 is 23.9 Å². The van der Waals surface area contributed by atoms with Gasteiger partial charge in [0.05, 0.1) is 11.1 Å². The fourth-order valence-corrected chi connectivity index (χ4v) is 7.60. The Hall–Kier alpha value is -4.51. The van der Waals surface area contributed by atoms with Gasteiger partial charge in [-0.1, -0.05) is 43.7 Å². The summed E-state index contributed by atoms with van der Waals surface area (Å²) in [5.74, 6) is -4.12. The molecule has 0 saturated heterocycles. The van der Waals surface area contributed by atoms with Crippen molar-refractivity contribution in [1.29, 1.82) is 0 Å². The highest BCUT2D eigenvalue weighted by Gasteiger charge is 2.73. The number of aromatic nitrogens is 1. The molecule has 0 unspecified atom stereocenters. The van der Waals surface area contributed by atoms with Crippen LogP contribution in [-0.4, -0.2) is 69.6 Å². The molecule has 0 spiro atoms. The van der Waals surface area contributed by atoms with Gasteiger partial charge in [-0.05, 0) is 56.9 Å². The van der Waals surface area contributed by atoms with Crippen molar-refractivity contribution < 1.29 is 48.3 Å². The Labute approximate surface area is 267 Å². The Kier molecular flexibility index (Phi) is 8.83. The number of carbonyl (C=O) groups excluding carboxylic acids is 4. The Bertz CT molecular complexity index is 1580. The van der Waals surface area contributed by atoms with E-state index in [9.17, 15) is 29.4 Å². The second-order valence-corrected chi connectivity index (χ2v) is 12.8. The third-order valence-electron chi connectivity index (χ3n) is 10.4. The molecular weight excluding hydrogens is 594 g/mol. The predicted octanol–water partition coefficient (Wildman–Crippen LogP) is 4.66. The zero-order valence-corrected chi connectivity index (χ0v) is 26.5. The number of nitrogens with zero attached hydrogens (tertiary/aromatic N) is 1. The van der Waals surface area contributed by atoms with Gasteiger partial charge in [0.25, 0.3) is 0 Å². The quantitative estimate of drug-likeness (QED) is 0.237. The van der Waals surface area contributed by atoms with Crippen LogP contribution in [0, 0.1) is 16.7 Å². The van der Waals surface area contributed by atoms with E-state index in [4.69, 9.17) is 18.9 Å². The van der Waals surface area contributed by atoms with Crippen molar-refractivity contribution in [2.45, 2.75) is 77.8 Å². The Morgan fingerprint density at radius 2 is 1.67 bits per heavy atom. The molecule has 1 saturated carbocycles. The van der Waals surface area contributed by atoms with Crippen LogP contribution in [0.5, 0.6) is 0 Å². The molecule has 1 fully saturated rings. The first-order valence-electron chi connectivity index (χ1n) is 15.2. The Balaban J connectivity index is 1.70. The van der Waals surface area contributed by atoms with Gasteiger partial charge in [-0.25, -0.2) is 14.4 Å². The largest absolute Gasteiger partial charge is 0.502 e. The van der Waals surface area contributed by atoms with Crippen LogP contribution >= 0.6 is 0 Å².